The number of rotatable bonds is 23. The van der Waals surface area contributed by atoms with Gasteiger partial charge in [0.25, 0.3) is 0 Å². The summed E-state index contributed by atoms with van der Waals surface area (Å²) < 4.78 is 21.2. The molecule has 0 aliphatic rings. The number of thiol groups is 1. The van der Waals surface area contributed by atoms with Crippen LogP contribution in [0.5, 0.6) is 23.0 Å². The predicted octanol–water partition coefficient (Wildman–Crippen LogP) is 20.3. The molecule has 0 fully saturated rings. The molecule has 5 N–H and O–H groups in total. The van der Waals surface area contributed by atoms with Crippen molar-refractivity contribution in [1.29, 1.82) is 0 Å². The molecule has 479 valence electrons. The van der Waals surface area contributed by atoms with Crippen LogP contribution in [0, 0.1) is 27.7 Å². The van der Waals surface area contributed by atoms with Gasteiger partial charge in [-0.2, -0.15) is 0 Å². The molecule has 0 aliphatic carbocycles. The number of alkyl halides is 4. The first-order chi connectivity index (χ1) is 43.9. The molecule has 90 heavy (non-hydrogen) atoms. The molecule has 0 saturated heterocycles. The van der Waals surface area contributed by atoms with Crippen LogP contribution >= 0.6 is 63.5 Å². The number of aryl methyl sites for hydroxylation is 5. The molecule has 14 heteroatoms. The van der Waals surface area contributed by atoms with E-state index in [4.69, 9.17) is 54.1 Å². The molecular weight excluding hydrogens is 1260 g/mol. The maximum atomic E-state index is 8.92. The number of phenols is 1. The first kappa shape index (κ1) is 79.7. The average Bonchev–Trinajstić information content (AvgIpc) is 2.03. The summed E-state index contributed by atoms with van der Waals surface area (Å²) in [5.74, 6) is 5.27. The standard InChI is InChI=1S/2C17H21NO.C16H17ClO.C9H10BrCl.C9H11Cl.C7H8O.CH5N.BHNS/c2*1-14-8-6-7-11-16(14)19-17(12-13-18-2)15-9-4-3-5-10-15;1-13-7-5-6-10-15(13)18-16(11-12-17)14-8-3-2-4-9-14;10-9(6-7-11)8-4-2-1-3-5-8;10-8-4-7-9-5-2-1-3-6-9;1-6-4-2-3-5-7(6)8;1-2;1-2-3/h2*3-11,17-18H,12-13H2,1-2H3;2-10,16H,11-12H2,1H3;1-5,9H,6-7H2;1-3,5-6H,4,7-8H2;2-5,8H,1H3;2H2,1H3;3H/t17-;;;;;;;/m1......./s1. The normalized spacial score (nSPS) is 11.2. The average molecular weight is 1360 g/mol. The van der Waals surface area contributed by atoms with E-state index in [-0.39, 0.29) is 18.3 Å². The van der Waals surface area contributed by atoms with Crippen LogP contribution in [0.2, 0.25) is 0 Å². The van der Waals surface area contributed by atoms with Crippen LogP contribution in [-0.4, -0.2) is 64.6 Å². The van der Waals surface area contributed by atoms with E-state index in [9.17, 15) is 0 Å². The molecule has 0 heterocycles. The van der Waals surface area contributed by atoms with Gasteiger partial charge in [-0.25, -0.2) is 0 Å². The molecule has 9 aromatic carbocycles. The number of hydrogen-bond acceptors (Lipinski definition) is 9. The van der Waals surface area contributed by atoms with Crippen molar-refractivity contribution in [3.05, 3.63) is 299 Å². The SMILES string of the molecule is CN.CNCCC(Oc1ccccc1C)c1ccccc1.CNCC[C@@H](Oc1ccccc1C)c1ccccc1.Cc1ccccc1O.Cc1ccccc1OC(CCCl)c1ccccc1.ClCCC(Br)c1ccccc1.ClCCCc1ccccc1.[B]=NS. The minimum absolute atomic E-state index is 0.0183. The topological polar surface area (TPSA) is 110 Å². The van der Waals surface area contributed by atoms with Gasteiger partial charge in [-0.1, -0.05) is 240 Å². The van der Waals surface area contributed by atoms with Gasteiger partial charge in [0.05, 0.1) is 0 Å². The molecule has 0 aromatic heterocycles. The van der Waals surface area contributed by atoms with Crippen molar-refractivity contribution in [1.82, 2.24) is 10.6 Å². The zero-order valence-electron chi connectivity index (χ0n) is 53.5. The van der Waals surface area contributed by atoms with E-state index in [1.165, 1.54) is 46.0 Å². The summed E-state index contributed by atoms with van der Waals surface area (Å²) in [5, 5.41) is 15.3. The van der Waals surface area contributed by atoms with Crippen molar-refractivity contribution in [3.63, 3.8) is 0 Å². The first-order valence-corrected chi connectivity index (χ1v) is 33.2. The molecule has 4 atom stereocenters. The fourth-order valence-electron chi connectivity index (χ4n) is 8.46. The molecular formula is C76H94BBrCl3N4O4S. The van der Waals surface area contributed by atoms with Crippen molar-refractivity contribution in [2.45, 2.75) is 89.4 Å². The van der Waals surface area contributed by atoms with Gasteiger partial charge >= 0.3 is 24.8 Å². The second kappa shape index (κ2) is 52.3. The van der Waals surface area contributed by atoms with Crippen molar-refractivity contribution < 1.29 is 19.3 Å². The fourth-order valence-corrected chi connectivity index (χ4v) is 9.81. The number of benzene rings is 9. The van der Waals surface area contributed by atoms with Crippen LogP contribution in [0.15, 0.2) is 253 Å². The Bertz CT molecular complexity index is 3040. The Labute approximate surface area is 570 Å². The van der Waals surface area contributed by atoms with Crippen molar-refractivity contribution in [2.75, 3.05) is 51.9 Å². The second-order valence-corrected chi connectivity index (χ2v) is 22.6. The first-order valence-electron chi connectivity index (χ1n) is 30.3. The van der Waals surface area contributed by atoms with E-state index in [2.05, 4.69) is 193 Å². The summed E-state index contributed by atoms with van der Waals surface area (Å²) in [5.41, 5.74) is 15.2. The quantitative estimate of drug-likeness (QED) is 0.0247. The van der Waals surface area contributed by atoms with Crippen molar-refractivity contribution in [2.24, 2.45) is 10.0 Å². The van der Waals surface area contributed by atoms with Gasteiger partial charge in [-0.05, 0) is 156 Å². The van der Waals surface area contributed by atoms with Gasteiger partial charge in [0.2, 0.25) is 0 Å². The number of nitrogens with zero attached hydrogens (tertiary/aromatic N) is 1. The number of ether oxygens (including phenoxy) is 3. The van der Waals surface area contributed by atoms with Gasteiger partial charge < -0.3 is 35.7 Å². The third-order valence-electron chi connectivity index (χ3n) is 13.4. The Morgan fingerprint density at radius 1 is 0.433 bits per heavy atom. The van der Waals surface area contributed by atoms with E-state index in [1.807, 2.05) is 148 Å². The number of aromatic hydroxyl groups is 1. The summed E-state index contributed by atoms with van der Waals surface area (Å²) in [6.07, 6.45) is 6.07. The van der Waals surface area contributed by atoms with E-state index in [0.717, 1.165) is 85.9 Å². The molecule has 3 unspecified atom stereocenters. The van der Waals surface area contributed by atoms with E-state index in [1.54, 1.807) is 6.07 Å². The van der Waals surface area contributed by atoms with Gasteiger partial charge in [0.15, 0.2) is 0 Å². The number of nitrogens with two attached hydrogens (primary N) is 1. The number of nitrogens with one attached hydrogen (secondary N) is 2. The van der Waals surface area contributed by atoms with Gasteiger partial charge in [-0.15, -0.1) is 34.8 Å². The van der Waals surface area contributed by atoms with Crippen LogP contribution in [-0.2, 0) is 6.42 Å². The second-order valence-electron chi connectivity index (χ2n) is 20.1. The molecule has 0 amide bonds. The molecule has 1 radical (unpaired) electrons. The van der Waals surface area contributed by atoms with Crippen molar-refractivity contribution >= 4 is 71.2 Å². The Balaban J connectivity index is 0.000000371. The van der Waals surface area contributed by atoms with Gasteiger partial charge in [0, 0.05) is 41.7 Å². The predicted molar refractivity (Wildman–Crippen MR) is 394 cm³/mol. The van der Waals surface area contributed by atoms with Crippen molar-refractivity contribution in [3.8, 4) is 23.0 Å². The number of para-hydroxylation sites is 4. The van der Waals surface area contributed by atoms with E-state index >= 15 is 0 Å². The van der Waals surface area contributed by atoms with E-state index < -0.39 is 0 Å². The van der Waals surface area contributed by atoms with Gasteiger partial charge in [-0.3, -0.25) is 0 Å². The third kappa shape index (κ3) is 34.7. The molecule has 0 aliphatic heterocycles. The number of halogens is 4. The summed E-state index contributed by atoms with van der Waals surface area (Å²) in [6.45, 7) is 9.95. The molecule has 0 spiro atoms. The van der Waals surface area contributed by atoms with Crippen LogP contribution in [0.25, 0.3) is 0 Å². The Morgan fingerprint density at radius 2 is 0.722 bits per heavy atom. The van der Waals surface area contributed by atoms with Gasteiger partial charge in [0.1, 0.15) is 41.3 Å². The van der Waals surface area contributed by atoms with Crippen LogP contribution in [0.1, 0.15) is 105 Å². The molecule has 0 bridgehead atoms. The minimum atomic E-state index is 0.0183. The zero-order chi connectivity index (χ0) is 65.8. The third-order valence-corrected chi connectivity index (χ3v) is 15.1. The zero-order valence-corrected chi connectivity index (χ0v) is 58.2. The van der Waals surface area contributed by atoms with Crippen LogP contribution in [0.4, 0.5) is 0 Å². The summed E-state index contributed by atoms with van der Waals surface area (Å²) in [7, 11) is 9.77. The van der Waals surface area contributed by atoms with Crippen LogP contribution < -0.4 is 30.6 Å². The summed E-state index contributed by atoms with van der Waals surface area (Å²) >= 11 is 23.8. The van der Waals surface area contributed by atoms with E-state index in [0.29, 0.717) is 22.3 Å². The summed E-state index contributed by atoms with van der Waals surface area (Å²) in [4.78, 5) is 0.404. The number of hydrogen-bond donors (Lipinski definition) is 5. The van der Waals surface area contributed by atoms with Crippen LogP contribution in [0.3, 0.4) is 0 Å². The molecule has 8 nitrogen and oxygen atoms in total. The Morgan fingerprint density at radius 3 is 1.01 bits per heavy atom. The molecule has 0 saturated carbocycles. The maximum absolute atomic E-state index is 8.92. The number of phenolic OH excluding ortho intramolecular Hbond substituents is 1. The molecule has 9 aromatic rings. The Kier molecular flexibility index (Phi) is 46.3. The summed E-state index contributed by atoms with van der Waals surface area (Å²) in [6, 6.07) is 83.4. The monoisotopic (exact) mass is 1350 g/mol. The molecule has 9 rings (SSSR count). The Hall–Kier alpha value is -6.38. The fraction of sp³-hybridized carbons (Fsp3) is 0.289.